The first-order valence-corrected chi connectivity index (χ1v) is 12.2. The van der Waals surface area contributed by atoms with Crippen molar-refractivity contribution in [2.75, 3.05) is 12.0 Å². The van der Waals surface area contributed by atoms with E-state index >= 15 is 0 Å². The van der Waals surface area contributed by atoms with Crippen LogP contribution in [-0.4, -0.2) is 28.9 Å². The summed E-state index contributed by atoms with van der Waals surface area (Å²) in [5.74, 6) is -3.53. The van der Waals surface area contributed by atoms with E-state index in [2.05, 4.69) is 4.98 Å². The van der Waals surface area contributed by atoms with Crippen LogP contribution in [0.2, 0.25) is 0 Å². The predicted molar refractivity (Wildman–Crippen MR) is 131 cm³/mol. The van der Waals surface area contributed by atoms with E-state index in [1.165, 1.54) is 16.2 Å². The molecule has 1 saturated heterocycles. The number of ketones is 1. The minimum atomic E-state index is -1.06. The summed E-state index contributed by atoms with van der Waals surface area (Å²) in [6, 6.07) is 7.97. The number of aliphatic hydroxyl groups excluding tert-OH is 1. The molecule has 0 radical (unpaired) electrons. The smallest absolute Gasteiger partial charge is 0.301 e. The Morgan fingerprint density at radius 3 is 2.54 bits per heavy atom. The summed E-state index contributed by atoms with van der Waals surface area (Å²) in [7, 11) is 1.54. The van der Waals surface area contributed by atoms with Crippen LogP contribution < -0.4 is 9.64 Å². The second-order valence-corrected chi connectivity index (χ2v) is 10.0. The molecule has 1 atom stereocenters. The van der Waals surface area contributed by atoms with Crippen LogP contribution in [0.3, 0.4) is 0 Å². The van der Waals surface area contributed by atoms with Gasteiger partial charge in [0.2, 0.25) is 0 Å². The highest BCUT2D eigenvalue weighted by Crippen LogP contribution is 2.46. The molecule has 178 valence electrons. The van der Waals surface area contributed by atoms with E-state index in [1.807, 2.05) is 6.92 Å². The molecule has 3 heterocycles. The Morgan fingerprint density at radius 2 is 1.86 bits per heavy atom. The lowest BCUT2D eigenvalue weighted by atomic mass is 9.96. The van der Waals surface area contributed by atoms with Crippen molar-refractivity contribution in [3.8, 4) is 5.75 Å². The molecular weight excluding hydrogens is 494 g/mol. The first-order chi connectivity index (χ1) is 16.7. The Labute approximate surface area is 206 Å². The monoisotopic (exact) mass is 512 g/mol. The van der Waals surface area contributed by atoms with E-state index in [4.69, 9.17) is 4.74 Å². The molecule has 1 amide bonds. The summed E-state index contributed by atoms with van der Waals surface area (Å²) in [6.07, 6.45) is 0. The number of halogens is 2. The molecule has 5 rings (SSSR count). The second-order valence-electron chi connectivity index (χ2n) is 8.05. The maximum absolute atomic E-state index is 13.8. The molecule has 1 N–H and O–H groups in total. The van der Waals surface area contributed by atoms with Crippen LogP contribution in [0, 0.1) is 25.5 Å². The number of fused-ring (bicyclic) bond motifs is 1. The summed E-state index contributed by atoms with van der Waals surface area (Å²) in [6.45, 7) is 3.58. The molecular formula is C25H18F2N2O4S2. The number of aliphatic hydroxyl groups is 1. The van der Waals surface area contributed by atoms with Crippen molar-refractivity contribution in [2.45, 2.75) is 19.9 Å². The van der Waals surface area contributed by atoms with Crippen LogP contribution in [0.25, 0.3) is 16.0 Å². The largest absolute Gasteiger partial charge is 0.507 e. The Bertz CT molecular complexity index is 1500. The van der Waals surface area contributed by atoms with Crippen LogP contribution in [0.4, 0.5) is 13.9 Å². The van der Waals surface area contributed by atoms with Gasteiger partial charge in [0.25, 0.3) is 5.78 Å². The fourth-order valence-electron chi connectivity index (χ4n) is 4.17. The molecule has 2 aromatic carbocycles. The molecule has 1 aliphatic rings. The third kappa shape index (κ3) is 3.69. The van der Waals surface area contributed by atoms with Crippen LogP contribution in [0.1, 0.15) is 27.6 Å². The molecule has 0 aliphatic carbocycles. The maximum Gasteiger partial charge on any atom is 0.301 e. The Morgan fingerprint density at radius 1 is 1.11 bits per heavy atom. The number of aryl methyl sites for hydroxylation is 2. The Balaban J connectivity index is 1.72. The van der Waals surface area contributed by atoms with E-state index in [0.717, 1.165) is 29.0 Å². The van der Waals surface area contributed by atoms with Crippen molar-refractivity contribution in [3.05, 3.63) is 80.6 Å². The van der Waals surface area contributed by atoms with Gasteiger partial charge in [0.15, 0.2) is 16.8 Å². The van der Waals surface area contributed by atoms with Crippen LogP contribution in [0.15, 0.2) is 47.4 Å². The number of ether oxygens (including phenoxy) is 1. The fourth-order valence-corrected chi connectivity index (χ4v) is 5.99. The lowest BCUT2D eigenvalue weighted by Gasteiger charge is -2.21. The number of hydrogen-bond donors (Lipinski definition) is 1. The Hall–Kier alpha value is -3.63. The van der Waals surface area contributed by atoms with Gasteiger partial charge in [-0.2, -0.15) is 0 Å². The number of methoxy groups -OCH3 is 1. The zero-order chi connectivity index (χ0) is 25.0. The molecule has 1 aliphatic heterocycles. The molecule has 0 bridgehead atoms. The molecule has 6 nitrogen and oxygen atoms in total. The average molecular weight is 513 g/mol. The summed E-state index contributed by atoms with van der Waals surface area (Å²) >= 11 is 2.27. The topological polar surface area (TPSA) is 79.7 Å². The minimum Gasteiger partial charge on any atom is -0.507 e. The molecule has 0 saturated carbocycles. The van der Waals surface area contributed by atoms with Gasteiger partial charge in [-0.3, -0.25) is 14.5 Å². The molecule has 4 aromatic rings. The lowest BCUT2D eigenvalue weighted by Crippen LogP contribution is -2.28. The van der Waals surface area contributed by atoms with Crippen LogP contribution in [-0.2, 0) is 9.59 Å². The highest BCUT2D eigenvalue weighted by atomic mass is 32.1. The molecule has 1 fully saturated rings. The molecule has 1 unspecified atom stereocenters. The highest BCUT2D eigenvalue weighted by Gasteiger charge is 2.48. The van der Waals surface area contributed by atoms with Crippen molar-refractivity contribution >= 4 is 55.5 Å². The molecule has 35 heavy (non-hydrogen) atoms. The second kappa shape index (κ2) is 8.54. The van der Waals surface area contributed by atoms with E-state index in [1.54, 1.807) is 43.7 Å². The van der Waals surface area contributed by atoms with Gasteiger partial charge in [0.1, 0.15) is 17.6 Å². The summed E-state index contributed by atoms with van der Waals surface area (Å²) in [5, 5.41) is 13.2. The van der Waals surface area contributed by atoms with Gasteiger partial charge >= 0.3 is 5.91 Å². The molecule has 0 spiro atoms. The number of aromatic nitrogens is 1. The van der Waals surface area contributed by atoms with Crippen LogP contribution in [0.5, 0.6) is 5.75 Å². The number of benzene rings is 2. The van der Waals surface area contributed by atoms with Crippen molar-refractivity contribution < 1.29 is 28.2 Å². The van der Waals surface area contributed by atoms with Gasteiger partial charge in [0, 0.05) is 16.5 Å². The highest BCUT2D eigenvalue weighted by molar-refractivity contribution is 7.22. The fraction of sp³-hybridized carbons (Fsp3) is 0.160. The van der Waals surface area contributed by atoms with Crippen molar-refractivity contribution in [1.82, 2.24) is 4.98 Å². The number of carbonyl (C=O) groups excluding carboxylic acids is 2. The minimum absolute atomic E-state index is 0.0817. The summed E-state index contributed by atoms with van der Waals surface area (Å²) < 4.78 is 33.2. The number of thiophene rings is 1. The number of carbonyl (C=O) groups is 2. The zero-order valence-electron chi connectivity index (χ0n) is 18.8. The molecule has 10 heteroatoms. The van der Waals surface area contributed by atoms with Crippen molar-refractivity contribution in [3.63, 3.8) is 0 Å². The third-order valence-electron chi connectivity index (χ3n) is 5.88. The lowest BCUT2D eigenvalue weighted by molar-refractivity contribution is -0.132. The van der Waals surface area contributed by atoms with Gasteiger partial charge in [-0.05, 0) is 54.6 Å². The third-order valence-corrected chi connectivity index (χ3v) is 7.82. The van der Waals surface area contributed by atoms with Crippen molar-refractivity contribution in [1.29, 1.82) is 0 Å². The van der Waals surface area contributed by atoms with Gasteiger partial charge in [0.05, 0.1) is 22.9 Å². The van der Waals surface area contributed by atoms with Gasteiger partial charge in [-0.25, -0.2) is 13.8 Å². The SMILES string of the molecule is COc1cc(C)c(/C(O)=C2\C(=O)C(=O)N(c3nc4cc(F)c(F)cc4s3)C2c2cccs2)cc1C. The van der Waals surface area contributed by atoms with E-state index in [-0.39, 0.29) is 22.0 Å². The number of Topliss-reactive ketones (excluding diaryl/α,β-unsaturated/α-hetero) is 1. The zero-order valence-corrected chi connectivity index (χ0v) is 20.4. The van der Waals surface area contributed by atoms with E-state index in [0.29, 0.717) is 26.5 Å². The quantitative estimate of drug-likeness (QED) is 0.210. The number of nitrogens with zero attached hydrogens (tertiary/aromatic N) is 2. The molecule has 2 aromatic heterocycles. The van der Waals surface area contributed by atoms with Gasteiger partial charge in [-0.1, -0.05) is 17.4 Å². The predicted octanol–water partition coefficient (Wildman–Crippen LogP) is 5.89. The summed E-state index contributed by atoms with van der Waals surface area (Å²) in [4.78, 5) is 32.7. The maximum atomic E-state index is 13.8. The number of hydrogen-bond acceptors (Lipinski definition) is 7. The van der Waals surface area contributed by atoms with Crippen LogP contribution >= 0.6 is 22.7 Å². The first kappa shape index (κ1) is 23.1. The Kier molecular flexibility index (Phi) is 5.65. The van der Waals surface area contributed by atoms with Crippen molar-refractivity contribution in [2.24, 2.45) is 0 Å². The standard InChI is InChI=1S/C25H18F2N2O4S2/c1-11-8-17(33-3)12(2)7-13(11)22(30)20-21(18-5-4-6-34-18)29(24(32)23(20)31)25-28-16-9-14(26)15(27)10-19(16)35-25/h4-10,21,30H,1-3H3/b22-20+. The van der Waals surface area contributed by atoms with E-state index < -0.39 is 29.4 Å². The number of thiazole rings is 1. The number of anilines is 1. The van der Waals surface area contributed by atoms with Gasteiger partial charge in [-0.15, -0.1) is 11.3 Å². The normalized spacial score (nSPS) is 17.5. The number of amides is 1. The van der Waals surface area contributed by atoms with Gasteiger partial charge < -0.3 is 9.84 Å². The van der Waals surface area contributed by atoms with E-state index in [9.17, 15) is 23.5 Å². The number of rotatable bonds is 4. The first-order valence-electron chi connectivity index (χ1n) is 10.5. The summed E-state index contributed by atoms with van der Waals surface area (Å²) in [5.41, 5.74) is 1.89. The average Bonchev–Trinajstić information content (AvgIpc) is 3.54.